The number of benzene rings is 1. The Labute approximate surface area is 122 Å². The SMILES string of the molecule is Cc1cn(-c2ccccc2C(F)(F)F)c(SCC(=O)O)n1. The molecule has 0 aliphatic carbocycles. The number of aromatic nitrogens is 2. The van der Waals surface area contributed by atoms with Gasteiger partial charge in [-0.3, -0.25) is 9.36 Å². The fourth-order valence-electron chi connectivity index (χ4n) is 1.80. The molecule has 0 saturated carbocycles. The van der Waals surface area contributed by atoms with E-state index in [1.165, 1.54) is 29.0 Å². The summed E-state index contributed by atoms with van der Waals surface area (Å²) in [7, 11) is 0. The third-order valence-electron chi connectivity index (χ3n) is 2.59. The van der Waals surface area contributed by atoms with E-state index in [-0.39, 0.29) is 16.6 Å². The van der Waals surface area contributed by atoms with Gasteiger partial charge in [0.1, 0.15) is 0 Å². The first kappa shape index (κ1) is 15.4. The first-order chi connectivity index (χ1) is 9.79. The molecule has 0 saturated heterocycles. The number of carbonyl (C=O) groups is 1. The fraction of sp³-hybridized carbons (Fsp3) is 0.231. The number of rotatable bonds is 4. The number of nitrogens with zero attached hydrogens (tertiary/aromatic N) is 2. The third-order valence-corrected chi connectivity index (χ3v) is 3.53. The number of carboxylic acid groups (broad SMARTS) is 1. The molecule has 0 spiro atoms. The van der Waals surface area contributed by atoms with E-state index in [4.69, 9.17) is 5.11 Å². The Morgan fingerprint density at radius 2 is 2.05 bits per heavy atom. The molecule has 0 unspecified atom stereocenters. The maximum Gasteiger partial charge on any atom is 0.418 e. The van der Waals surface area contributed by atoms with E-state index >= 15 is 0 Å². The van der Waals surface area contributed by atoms with E-state index in [1.54, 1.807) is 6.92 Å². The molecule has 0 fully saturated rings. The van der Waals surface area contributed by atoms with Gasteiger partial charge in [-0.1, -0.05) is 23.9 Å². The van der Waals surface area contributed by atoms with Crippen LogP contribution in [0.1, 0.15) is 11.3 Å². The highest BCUT2D eigenvalue weighted by Crippen LogP contribution is 2.35. The normalized spacial score (nSPS) is 11.6. The summed E-state index contributed by atoms with van der Waals surface area (Å²) < 4.78 is 40.4. The molecule has 0 aliphatic heterocycles. The highest BCUT2D eigenvalue weighted by Gasteiger charge is 2.34. The van der Waals surface area contributed by atoms with E-state index in [1.807, 2.05) is 0 Å². The summed E-state index contributed by atoms with van der Waals surface area (Å²) in [4.78, 5) is 14.7. The smallest absolute Gasteiger partial charge is 0.418 e. The summed E-state index contributed by atoms with van der Waals surface area (Å²) in [6.45, 7) is 1.64. The first-order valence-corrected chi connectivity index (χ1v) is 6.85. The van der Waals surface area contributed by atoms with Crippen LogP contribution in [0.2, 0.25) is 0 Å². The Hall–Kier alpha value is -1.96. The molecule has 1 aromatic heterocycles. The Morgan fingerprint density at radius 3 is 2.67 bits per heavy atom. The summed E-state index contributed by atoms with van der Waals surface area (Å²) >= 11 is 0.875. The zero-order valence-corrected chi connectivity index (χ0v) is 11.7. The average molecular weight is 316 g/mol. The lowest BCUT2D eigenvalue weighted by Gasteiger charge is -2.14. The molecular formula is C13H11F3N2O2S. The summed E-state index contributed by atoms with van der Waals surface area (Å²) in [5.41, 5.74) is -0.349. The van der Waals surface area contributed by atoms with Gasteiger partial charge in [0.2, 0.25) is 0 Å². The van der Waals surface area contributed by atoms with Gasteiger partial charge >= 0.3 is 12.1 Å². The summed E-state index contributed by atoms with van der Waals surface area (Å²) in [5, 5.41) is 8.90. The van der Waals surface area contributed by atoms with E-state index in [0.29, 0.717) is 5.69 Å². The molecule has 8 heteroatoms. The van der Waals surface area contributed by atoms with Crippen molar-refractivity contribution in [1.29, 1.82) is 0 Å². The van der Waals surface area contributed by atoms with Gasteiger partial charge in [-0.15, -0.1) is 0 Å². The van der Waals surface area contributed by atoms with E-state index < -0.39 is 17.7 Å². The van der Waals surface area contributed by atoms with Crippen molar-refractivity contribution in [2.75, 3.05) is 5.75 Å². The summed E-state index contributed by atoms with van der Waals surface area (Å²) in [6.07, 6.45) is -3.04. The largest absolute Gasteiger partial charge is 0.481 e. The molecule has 1 heterocycles. The van der Waals surface area contributed by atoms with Crippen molar-refractivity contribution < 1.29 is 23.1 Å². The molecule has 0 aliphatic rings. The monoisotopic (exact) mass is 316 g/mol. The van der Waals surface area contributed by atoms with Gasteiger partial charge in [-0.2, -0.15) is 13.2 Å². The number of hydrogen-bond acceptors (Lipinski definition) is 3. The number of thioether (sulfide) groups is 1. The Kier molecular flexibility index (Phi) is 4.26. The van der Waals surface area contributed by atoms with Crippen LogP contribution in [-0.4, -0.2) is 26.4 Å². The third kappa shape index (κ3) is 3.57. The molecule has 0 radical (unpaired) electrons. The molecule has 0 amide bonds. The number of halogens is 3. The van der Waals surface area contributed by atoms with Gasteiger partial charge in [0.15, 0.2) is 5.16 Å². The predicted octanol–water partition coefficient (Wildman–Crippen LogP) is 3.38. The number of hydrogen-bond donors (Lipinski definition) is 1. The van der Waals surface area contributed by atoms with Crippen LogP contribution in [0.3, 0.4) is 0 Å². The average Bonchev–Trinajstić information content (AvgIpc) is 2.76. The molecule has 2 rings (SSSR count). The van der Waals surface area contributed by atoms with Crippen LogP contribution in [0, 0.1) is 6.92 Å². The number of carboxylic acids is 1. The van der Waals surface area contributed by atoms with Crippen molar-refractivity contribution in [2.45, 2.75) is 18.3 Å². The number of imidazole rings is 1. The highest BCUT2D eigenvalue weighted by molar-refractivity contribution is 7.99. The van der Waals surface area contributed by atoms with Crippen molar-refractivity contribution in [3.05, 3.63) is 41.7 Å². The van der Waals surface area contributed by atoms with Gasteiger partial charge in [-0.05, 0) is 19.1 Å². The molecule has 2 aromatic rings. The van der Waals surface area contributed by atoms with Gasteiger partial charge in [0.05, 0.1) is 22.7 Å². The number of para-hydroxylation sites is 1. The maximum atomic E-state index is 13.1. The van der Waals surface area contributed by atoms with E-state index in [2.05, 4.69) is 4.98 Å². The van der Waals surface area contributed by atoms with Gasteiger partial charge < -0.3 is 5.11 Å². The minimum atomic E-state index is -4.50. The molecule has 112 valence electrons. The molecular weight excluding hydrogens is 305 g/mol. The van der Waals surface area contributed by atoms with Crippen molar-refractivity contribution in [3.63, 3.8) is 0 Å². The second kappa shape index (κ2) is 5.80. The lowest BCUT2D eigenvalue weighted by atomic mass is 10.1. The van der Waals surface area contributed by atoms with Crippen LogP contribution in [0.15, 0.2) is 35.6 Å². The van der Waals surface area contributed by atoms with Crippen LogP contribution >= 0.6 is 11.8 Å². The molecule has 1 N–H and O–H groups in total. The Balaban J connectivity index is 2.50. The van der Waals surface area contributed by atoms with E-state index in [0.717, 1.165) is 17.8 Å². The number of alkyl halides is 3. The van der Waals surface area contributed by atoms with Crippen LogP contribution in [0.25, 0.3) is 5.69 Å². The fourth-order valence-corrected chi connectivity index (χ4v) is 2.55. The van der Waals surface area contributed by atoms with Crippen molar-refractivity contribution in [1.82, 2.24) is 9.55 Å². The van der Waals surface area contributed by atoms with Gasteiger partial charge in [0.25, 0.3) is 0 Å². The lowest BCUT2D eigenvalue weighted by molar-refractivity contribution is -0.137. The van der Waals surface area contributed by atoms with Crippen molar-refractivity contribution >= 4 is 17.7 Å². The van der Waals surface area contributed by atoms with Crippen LogP contribution in [-0.2, 0) is 11.0 Å². The van der Waals surface area contributed by atoms with Crippen molar-refractivity contribution in [2.24, 2.45) is 0 Å². The number of aliphatic carboxylic acids is 1. The second-order valence-electron chi connectivity index (χ2n) is 4.23. The van der Waals surface area contributed by atoms with E-state index in [9.17, 15) is 18.0 Å². The standard InChI is InChI=1S/C13H11F3N2O2S/c1-8-6-18(12(17-8)21-7-11(19)20)10-5-3-2-4-9(10)13(14,15)16/h2-6H,7H2,1H3,(H,19,20). The zero-order valence-electron chi connectivity index (χ0n) is 10.9. The molecule has 0 bridgehead atoms. The molecule has 21 heavy (non-hydrogen) atoms. The van der Waals surface area contributed by atoms with Crippen LogP contribution in [0.4, 0.5) is 13.2 Å². The molecule has 4 nitrogen and oxygen atoms in total. The summed E-state index contributed by atoms with van der Waals surface area (Å²) in [5.74, 6) is -1.33. The van der Waals surface area contributed by atoms with Crippen LogP contribution in [0.5, 0.6) is 0 Å². The van der Waals surface area contributed by atoms with Crippen LogP contribution < -0.4 is 0 Å². The lowest BCUT2D eigenvalue weighted by Crippen LogP contribution is -2.11. The summed E-state index contributed by atoms with van der Waals surface area (Å²) in [6, 6.07) is 5.11. The Bertz CT molecular complexity index is 668. The highest BCUT2D eigenvalue weighted by atomic mass is 32.2. The van der Waals surface area contributed by atoms with Gasteiger partial charge in [-0.25, -0.2) is 4.98 Å². The van der Waals surface area contributed by atoms with Gasteiger partial charge in [0, 0.05) is 6.20 Å². The minimum Gasteiger partial charge on any atom is -0.481 e. The van der Waals surface area contributed by atoms with Crippen molar-refractivity contribution in [3.8, 4) is 5.69 Å². The molecule has 1 aromatic carbocycles. The quantitative estimate of drug-likeness (QED) is 0.879. The molecule has 0 atom stereocenters. The predicted molar refractivity (Wildman–Crippen MR) is 71.7 cm³/mol. The maximum absolute atomic E-state index is 13.1. The topological polar surface area (TPSA) is 55.1 Å². The number of aryl methyl sites for hydroxylation is 1. The Morgan fingerprint density at radius 1 is 1.38 bits per heavy atom. The zero-order chi connectivity index (χ0) is 15.6. The minimum absolute atomic E-state index is 0.0708. The first-order valence-electron chi connectivity index (χ1n) is 5.86. The second-order valence-corrected chi connectivity index (χ2v) is 5.17.